The summed E-state index contributed by atoms with van der Waals surface area (Å²) in [5.41, 5.74) is 5.48. The predicted molar refractivity (Wildman–Crippen MR) is 112 cm³/mol. The zero-order valence-corrected chi connectivity index (χ0v) is 16.7. The highest BCUT2D eigenvalue weighted by molar-refractivity contribution is 6.04. The molecule has 148 valence electrons. The van der Waals surface area contributed by atoms with Crippen molar-refractivity contribution in [3.05, 3.63) is 76.6 Å². The molecule has 1 heterocycles. The number of carbonyl (C=O) groups excluding carboxylic acids is 2. The van der Waals surface area contributed by atoms with E-state index in [1.54, 1.807) is 24.3 Å². The molecule has 3 rings (SSSR count). The van der Waals surface area contributed by atoms with E-state index in [1.165, 1.54) is 19.5 Å². The summed E-state index contributed by atoms with van der Waals surface area (Å²) in [5, 5.41) is 5.95. The Hall–Kier alpha value is -3.74. The van der Waals surface area contributed by atoms with E-state index in [0.29, 0.717) is 22.8 Å². The Labute approximate surface area is 169 Å². The van der Waals surface area contributed by atoms with Crippen LogP contribution in [0.2, 0.25) is 0 Å². The minimum atomic E-state index is -0.401. The smallest absolute Gasteiger partial charge is 0.337 e. The lowest BCUT2D eigenvalue weighted by Gasteiger charge is -2.13. The van der Waals surface area contributed by atoms with Gasteiger partial charge in [-0.15, -0.1) is 0 Å². The van der Waals surface area contributed by atoms with Crippen LogP contribution in [0.25, 0.3) is 0 Å². The average molecular weight is 390 g/mol. The third-order valence-electron chi connectivity index (χ3n) is 4.39. The van der Waals surface area contributed by atoms with Crippen LogP contribution >= 0.6 is 0 Å². The molecular formula is C22H22N4O3. The van der Waals surface area contributed by atoms with E-state index in [4.69, 9.17) is 0 Å². The number of hydrogen-bond acceptors (Lipinski definition) is 6. The molecule has 0 spiro atoms. The van der Waals surface area contributed by atoms with Gasteiger partial charge in [0.05, 0.1) is 18.2 Å². The van der Waals surface area contributed by atoms with Gasteiger partial charge in [0.15, 0.2) is 0 Å². The molecular weight excluding hydrogens is 368 g/mol. The van der Waals surface area contributed by atoms with E-state index in [0.717, 1.165) is 22.4 Å². The molecule has 0 radical (unpaired) electrons. The number of nitrogens with zero attached hydrogens (tertiary/aromatic N) is 2. The zero-order valence-electron chi connectivity index (χ0n) is 16.7. The highest BCUT2D eigenvalue weighted by atomic mass is 16.5. The van der Waals surface area contributed by atoms with Gasteiger partial charge in [0.2, 0.25) is 5.95 Å². The van der Waals surface area contributed by atoms with Crippen molar-refractivity contribution in [2.45, 2.75) is 20.8 Å². The van der Waals surface area contributed by atoms with Crippen LogP contribution < -0.4 is 10.6 Å². The predicted octanol–water partition coefficient (Wildman–Crippen LogP) is 4.18. The maximum absolute atomic E-state index is 12.5. The standard InChI is InChI=1S/C22H22N4O3/c1-13-9-14(2)19(15(3)10-13)26-20(27)17-11-23-22(24-12-17)25-18-7-5-16(6-8-18)21(28)29-4/h5-12H,1-4H3,(H,26,27)(H,23,24,25). The fraction of sp³-hybridized carbons (Fsp3) is 0.182. The number of carbonyl (C=O) groups is 2. The molecule has 1 aromatic heterocycles. The van der Waals surface area contributed by atoms with E-state index in [2.05, 4.69) is 25.3 Å². The van der Waals surface area contributed by atoms with E-state index in [9.17, 15) is 9.59 Å². The molecule has 7 nitrogen and oxygen atoms in total. The van der Waals surface area contributed by atoms with Crippen molar-refractivity contribution >= 4 is 29.2 Å². The Bertz CT molecular complexity index is 1020. The summed E-state index contributed by atoms with van der Waals surface area (Å²) in [6.45, 7) is 5.95. The zero-order chi connectivity index (χ0) is 21.0. The van der Waals surface area contributed by atoms with Gasteiger partial charge in [0, 0.05) is 23.8 Å². The van der Waals surface area contributed by atoms with E-state index in [-0.39, 0.29) is 5.91 Å². The highest BCUT2D eigenvalue weighted by Crippen LogP contribution is 2.22. The molecule has 0 saturated heterocycles. The molecule has 0 aliphatic heterocycles. The lowest BCUT2D eigenvalue weighted by atomic mass is 10.0. The van der Waals surface area contributed by atoms with Crippen LogP contribution in [0, 0.1) is 20.8 Å². The van der Waals surface area contributed by atoms with Gasteiger partial charge in [0.25, 0.3) is 5.91 Å². The van der Waals surface area contributed by atoms with Gasteiger partial charge < -0.3 is 15.4 Å². The molecule has 0 fully saturated rings. The average Bonchev–Trinajstić information content (AvgIpc) is 2.71. The maximum Gasteiger partial charge on any atom is 0.337 e. The van der Waals surface area contributed by atoms with Crippen LogP contribution in [0.5, 0.6) is 0 Å². The minimum Gasteiger partial charge on any atom is -0.465 e. The molecule has 1 amide bonds. The van der Waals surface area contributed by atoms with E-state index >= 15 is 0 Å². The molecule has 2 aromatic carbocycles. The quantitative estimate of drug-likeness (QED) is 0.635. The third-order valence-corrected chi connectivity index (χ3v) is 4.39. The van der Waals surface area contributed by atoms with Crippen molar-refractivity contribution in [3.63, 3.8) is 0 Å². The van der Waals surface area contributed by atoms with Crippen molar-refractivity contribution in [2.75, 3.05) is 17.7 Å². The summed E-state index contributed by atoms with van der Waals surface area (Å²) in [7, 11) is 1.33. The Morgan fingerprint density at radius 2 is 1.48 bits per heavy atom. The Morgan fingerprint density at radius 3 is 2.03 bits per heavy atom. The second-order valence-electron chi connectivity index (χ2n) is 6.72. The second kappa shape index (κ2) is 8.52. The number of methoxy groups -OCH3 is 1. The summed E-state index contributed by atoms with van der Waals surface area (Å²) in [6, 6.07) is 10.8. The van der Waals surface area contributed by atoms with Crippen LogP contribution in [-0.4, -0.2) is 29.0 Å². The summed E-state index contributed by atoms with van der Waals surface area (Å²) in [6.07, 6.45) is 2.93. The number of anilines is 3. The van der Waals surface area contributed by atoms with Crippen LogP contribution in [0.15, 0.2) is 48.8 Å². The summed E-state index contributed by atoms with van der Waals surface area (Å²) in [4.78, 5) is 32.4. The molecule has 0 aliphatic rings. The molecule has 3 aromatic rings. The normalized spacial score (nSPS) is 10.3. The Morgan fingerprint density at radius 1 is 0.897 bits per heavy atom. The number of hydrogen-bond donors (Lipinski definition) is 2. The van der Waals surface area contributed by atoms with E-state index in [1.807, 2.05) is 32.9 Å². The van der Waals surface area contributed by atoms with Gasteiger partial charge in [-0.2, -0.15) is 0 Å². The third kappa shape index (κ3) is 4.76. The Kier molecular flexibility index (Phi) is 5.87. The largest absolute Gasteiger partial charge is 0.465 e. The number of aromatic nitrogens is 2. The fourth-order valence-electron chi connectivity index (χ4n) is 3.01. The SMILES string of the molecule is COC(=O)c1ccc(Nc2ncc(C(=O)Nc3c(C)cc(C)cc3C)cn2)cc1. The van der Waals surface area contributed by atoms with Crippen LogP contribution in [0.4, 0.5) is 17.3 Å². The fourth-order valence-corrected chi connectivity index (χ4v) is 3.01. The van der Waals surface area contributed by atoms with Gasteiger partial charge >= 0.3 is 5.97 Å². The summed E-state index contributed by atoms with van der Waals surface area (Å²) in [5.74, 6) is -0.327. The minimum absolute atomic E-state index is 0.269. The van der Waals surface area contributed by atoms with E-state index < -0.39 is 5.97 Å². The summed E-state index contributed by atoms with van der Waals surface area (Å²) < 4.78 is 4.67. The second-order valence-corrected chi connectivity index (χ2v) is 6.72. The molecule has 0 aliphatic carbocycles. The molecule has 0 bridgehead atoms. The Balaban J connectivity index is 1.68. The van der Waals surface area contributed by atoms with Crippen molar-refractivity contribution in [3.8, 4) is 0 Å². The lowest BCUT2D eigenvalue weighted by Crippen LogP contribution is -2.15. The number of nitrogens with one attached hydrogen (secondary N) is 2. The van der Waals surface area contributed by atoms with Crippen LogP contribution in [0.3, 0.4) is 0 Å². The first-order chi connectivity index (χ1) is 13.9. The van der Waals surface area contributed by atoms with Gasteiger partial charge in [0.1, 0.15) is 0 Å². The van der Waals surface area contributed by atoms with Gasteiger partial charge in [-0.1, -0.05) is 17.7 Å². The summed E-state index contributed by atoms with van der Waals surface area (Å²) >= 11 is 0. The van der Waals surface area contributed by atoms with Crippen molar-refractivity contribution in [1.82, 2.24) is 9.97 Å². The first-order valence-corrected chi connectivity index (χ1v) is 9.04. The van der Waals surface area contributed by atoms with Crippen molar-refractivity contribution < 1.29 is 14.3 Å². The maximum atomic E-state index is 12.5. The number of ether oxygens (including phenoxy) is 1. The molecule has 7 heteroatoms. The van der Waals surface area contributed by atoms with Gasteiger partial charge in [-0.25, -0.2) is 14.8 Å². The molecule has 2 N–H and O–H groups in total. The van der Waals surface area contributed by atoms with Crippen molar-refractivity contribution in [2.24, 2.45) is 0 Å². The highest BCUT2D eigenvalue weighted by Gasteiger charge is 2.12. The first kappa shape index (κ1) is 20.0. The van der Waals surface area contributed by atoms with Gasteiger partial charge in [-0.05, 0) is 56.2 Å². The number of esters is 1. The number of rotatable bonds is 5. The molecule has 0 unspecified atom stereocenters. The molecule has 29 heavy (non-hydrogen) atoms. The van der Waals surface area contributed by atoms with Gasteiger partial charge in [-0.3, -0.25) is 4.79 Å². The number of aryl methyl sites for hydroxylation is 3. The molecule has 0 atom stereocenters. The van der Waals surface area contributed by atoms with Crippen LogP contribution in [-0.2, 0) is 4.74 Å². The molecule has 0 saturated carbocycles. The number of benzene rings is 2. The number of amides is 1. The lowest BCUT2D eigenvalue weighted by molar-refractivity contribution is 0.0600. The van der Waals surface area contributed by atoms with Crippen LogP contribution in [0.1, 0.15) is 37.4 Å². The van der Waals surface area contributed by atoms with Crippen molar-refractivity contribution in [1.29, 1.82) is 0 Å². The topological polar surface area (TPSA) is 93.2 Å². The first-order valence-electron chi connectivity index (χ1n) is 9.04. The monoisotopic (exact) mass is 390 g/mol.